The van der Waals surface area contributed by atoms with Crippen molar-refractivity contribution in [1.29, 1.82) is 0 Å². The van der Waals surface area contributed by atoms with E-state index in [0.29, 0.717) is 12.8 Å². The van der Waals surface area contributed by atoms with E-state index >= 15 is 0 Å². The second-order valence-corrected chi connectivity index (χ2v) is 4.10. The van der Waals surface area contributed by atoms with Crippen LogP contribution in [-0.4, -0.2) is 10.4 Å². The predicted octanol–water partition coefficient (Wildman–Crippen LogP) is 2.85. The van der Waals surface area contributed by atoms with Crippen LogP contribution in [0.4, 0.5) is 4.39 Å². The zero-order valence-electron chi connectivity index (χ0n) is 5.95. The quantitative estimate of drug-likeness (QED) is 0.593. The van der Waals surface area contributed by atoms with Gasteiger partial charge >= 0.3 is 0 Å². The second kappa shape index (κ2) is 3.28. The van der Waals surface area contributed by atoms with Gasteiger partial charge in [0, 0.05) is 6.42 Å². The fraction of sp³-hybridized carbons (Fsp3) is 0.857. The van der Waals surface area contributed by atoms with Gasteiger partial charge < -0.3 is 0 Å². The SMILES string of the molecule is O=C1CCCCC1C(F)(Cl)Cl. The lowest BCUT2D eigenvalue weighted by molar-refractivity contribution is -0.126. The highest BCUT2D eigenvalue weighted by molar-refractivity contribution is 6.48. The number of carbonyl (C=O) groups excluding carboxylic acids is 1. The molecule has 4 heteroatoms. The lowest BCUT2D eigenvalue weighted by atomic mass is 9.89. The number of halogens is 3. The van der Waals surface area contributed by atoms with Crippen LogP contribution in [-0.2, 0) is 4.79 Å². The maximum Gasteiger partial charge on any atom is 0.267 e. The third kappa shape index (κ3) is 2.31. The Morgan fingerprint density at radius 2 is 2.09 bits per heavy atom. The average molecular weight is 199 g/mol. The summed E-state index contributed by atoms with van der Waals surface area (Å²) in [4.78, 5) is 11.0. The molecular weight excluding hydrogens is 190 g/mol. The molecule has 1 atom stereocenters. The molecule has 0 N–H and O–H groups in total. The van der Waals surface area contributed by atoms with Gasteiger partial charge in [0.15, 0.2) is 0 Å². The molecule has 1 nitrogen and oxygen atoms in total. The lowest BCUT2D eigenvalue weighted by Gasteiger charge is -2.24. The number of alkyl halides is 3. The van der Waals surface area contributed by atoms with Crippen LogP contribution in [0.5, 0.6) is 0 Å². The van der Waals surface area contributed by atoms with Crippen LogP contribution < -0.4 is 0 Å². The number of Topliss-reactive ketones (excluding diaryl/α,β-unsaturated/α-hetero) is 1. The first kappa shape index (κ1) is 9.27. The molecule has 64 valence electrons. The maximum absolute atomic E-state index is 12.8. The minimum absolute atomic E-state index is 0.149. The van der Waals surface area contributed by atoms with Crippen LogP contribution in [0.15, 0.2) is 0 Å². The molecule has 0 heterocycles. The third-order valence-corrected chi connectivity index (χ3v) is 2.48. The van der Waals surface area contributed by atoms with Crippen LogP contribution in [0.1, 0.15) is 25.7 Å². The molecule has 0 amide bonds. The van der Waals surface area contributed by atoms with Crippen LogP contribution in [0.3, 0.4) is 0 Å². The molecular formula is C7H9Cl2FO. The van der Waals surface area contributed by atoms with E-state index in [-0.39, 0.29) is 5.78 Å². The predicted molar refractivity (Wildman–Crippen MR) is 42.5 cm³/mol. The van der Waals surface area contributed by atoms with Crippen molar-refractivity contribution < 1.29 is 9.18 Å². The zero-order chi connectivity index (χ0) is 8.48. The molecule has 11 heavy (non-hydrogen) atoms. The summed E-state index contributed by atoms with van der Waals surface area (Å²) in [7, 11) is 0. The largest absolute Gasteiger partial charge is 0.299 e. The monoisotopic (exact) mass is 198 g/mol. The highest BCUT2D eigenvalue weighted by Gasteiger charge is 2.40. The molecule has 0 aliphatic heterocycles. The first-order valence-electron chi connectivity index (χ1n) is 3.61. The van der Waals surface area contributed by atoms with Gasteiger partial charge in [-0.3, -0.25) is 4.79 Å². The summed E-state index contributed by atoms with van der Waals surface area (Å²) in [6.45, 7) is 0. The molecule has 1 unspecified atom stereocenters. The fourth-order valence-electron chi connectivity index (χ4n) is 1.33. The minimum Gasteiger partial charge on any atom is -0.299 e. The molecule has 1 saturated carbocycles. The standard InChI is InChI=1S/C7H9Cl2FO/c8-7(9,10)5-3-1-2-4-6(5)11/h5H,1-4H2. The van der Waals surface area contributed by atoms with Crippen molar-refractivity contribution in [3.63, 3.8) is 0 Å². The maximum atomic E-state index is 12.8. The van der Waals surface area contributed by atoms with Crippen molar-refractivity contribution in [3.8, 4) is 0 Å². The second-order valence-electron chi connectivity index (χ2n) is 2.81. The lowest BCUT2D eigenvalue weighted by Crippen LogP contribution is -2.31. The van der Waals surface area contributed by atoms with Crippen molar-refractivity contribution in [2.24, 2.45) is 5.92 Å². The van der Waals surface area contributed by atoms with E-state index in [9.17, 15) is 9.18 Å². The van der Waals surface area contributed by atoms with E-state index in [0.717, 1.165) is 12.8 Å². The van der Waals surface area contributed by atoms with E-state index in [1.807, 2.05) is 0 Å². The van der Waals surface area contributed by atoms with Crippen molar-refractivity contribution in [1.82, 2.24) is 0 Å². The molecule has 0 spiro atoms. The average Bonchev–Trinajstić information content (AvgIpc) is 1.86. The Morgan fingerprint density at radius 1 is 1.45 bits per heavy atom. The molecule has 0 bridgehead atoms. The van der Waals surface area contributed by atoms with Gasteiger partial charge in [0.05, 0.1) is 5.92 Å². The van der Waals surface area contributed by atoms with Gasteiger partial charge in [0.2, 0.25) is 0 Å². The minimum atomic E-state index is -2.36. The van der Waals surface area contributed by atoms with Crippen molar-refractivity contribution in [2.45, 2.75) is 30.3 Å². The number of hydrogen-bond donors (Lipinski definition) is 0. The molecule has 0 aromatic carbocycles. The first-order chi connectivity index (χ1) is 5.02. The fourth-order valence-corrected chi connectivity index (χ4v) is 1.79. The molecule has 0 saturated heterocycles. The normalized spacial score (nSPS) is 27.2. The van der Waals surface area contributed by atoms with Gasteiger partial charge in [-0.2, -0.15) is 0 Å². The highest BCUT2D eigenvalue weighted by Crippen LogP contribution is 2.39. The summed E-state index contributed by atoms with van der Waals surface area (Å²) in [5.41, 5.74) is 0. The molecule has 1 aliphatic rings. The smallest absolute Gasteiger partial charge is 0.267 e. The van der Waals surface area contributed by atoms with Gasteiger partial charge in [-0.05, 0) is 12.8 Å². The Hall–Kier alpha value is 0.180. The number of ketones is 1. The van der Waals surface area contributed by atoms with Gasteiger partial charge in [-0.25, -0.2) is 4.39 Å². The van der Waals surface area contributed by atoms with E-state index in [1.54, 1.807) is 0 Å². The third-order valence-electron chi connectivity index (χ3n) is 1.95. The molecule has 1 rings (SSSR count). The number of hydrogen-bond acceptors (Lipinski definition) is 1. The summed E-state index contributed by atoms with van der Waals surface area (Å²) in [6.07, 6.45) is 2.55. The van der Waals surface area contributed by atoms with Gasteiger partial charge in [-0.15, -0.1) is 0 Å². The Balaban J connectivity index is 2.62. The number of carbonyl (C=O) groups is 1. The van der Waals surface area contributed by atoms with Gasteiger partial charge in [0.1, 0.15) is 5.78 Å². The molecule has 0 radical (unpaired) electrons. The topological polar surface area (TPSA) is 17.1 Å². The zero-order valence-corrected chi connectivity index (χ0v) is 7.46. The Bertz CT molecular complexity index is 164. The van der Waals surface area contributed by atoms with E-state index in [2.05, 4.69) is 0 Å². The van der Waals surface area contributed by atoms with Crippen LogP contribution >= 0.6 is 23.2 Å². The summed E-state index contributed by atoms with van der Waals surface area (Å²) in [5, 5.41) is 0. The summed E-state index contributed by atoms with van der Waals surface area (Å²) in [6, 6.07) is 0. The summed E-state index contributed by atoms with van der Waals surface area (Å²) >= 11 is 10.4. The molecule has 1 fully saturated rings. The molecule has 1 aliphatic carbocycles. The van der Waals surface area contributed by atoms with E-state index in [1.165, 1.54) is 0 Å². The Kier molecular flexibility index (Phi) is 2.76. The number of rotatable bonds is 1. The Labute approximate surface area is 74.9 Å². The Morgan fingerprint density at radius 3 is 2.45 bits per heavy atom. The summed E-state index contributed by atoms with van der Waals surface area (Å²) < 4.78 is 10.5. The highest BCUT2D eigenvalue weighted by atomic mass is 35.5. The van der Waals surface area contributed by atoms with Crippen molar-refractivity contribution in [2.75, 3.05) is 0 Å². The van der Waals surface area contributed by atoms with Crippen LogP contribution in [0.2, 0.25) is 0 Å². The van der Waals surface area contributed by atoms with Gasteiger partial charge in [-0.1, -0.05) is 29.6 Å². The van der Waals surface area contributed by atoms with Crippen LogP contribution in [0.25, 0.3) is 0 Å². The van der Waals surface area contributed by atoms with E-state index < -0.39 is 10.5 Å². The molecule has 0 aromatic heterocycles. The van der Waals surface area contributed by atoms with E-state index in [4.69, 9.17) is 23.2 Å². The van der Waals surface area contributed by atoms with Gasteiger partial charge in [0.25, 0.3) is 4.59 Å². The molecule has 0 aromatic rings. The van der Waals surface area contributed by atoms with Crippen molar-refractivity contribution in [3.05, 3.63) is 0 Å². The van der Waals surface area contributed by atoms with Crippen LogP contribution in [0, 0.1) is 5.92 Å². The first-order valence-corrected chi connectivity index (χ1v) is 4.37. The summed E-state index contributed by atoms with van der Waals surface area (Å²) in [5.74, 6) is -0.955. The van der Waals surface area contributed by atoms with Crippen molar-refractivity contribution >= 4 is 29.0 Å².